The molecule has 4 nitrogen and oxygen atoms in total. The molecule has 2 atom stereocenters. The normalized spacial score (nSPS) is 21.5. The van der Waals surface area contributed by atoms with Gasteiger partial charge in [0.15, 0.2) is 0 Å². The number of rotatable bonds is 7. The van der Waals surface area contributed by atoms with Gasteiger partial charge in [-0.1, -0.05) is 36.4 Å². The number of hydrogen-bond acceptors (Lipinski definition) is 4. The fourth-order valence-corrected chi connectivity index (χ4v) is 2.78. The van der Waals surface area contributed by atoms with Gasteiger partial charge in [0.1, 0.15) is 11.6 Å². The Balaban J connectivity index is 1.87. The molecule has 0 N–H and O–H groups in total. The van der Waals surface area contributed by atoms with E-state index in [0.717, 1.165) is 12.1 Å². The molecule has 1 saturated heterocycles. The molecule has 0 saturated carbocycles. The lowest BCUT2D eigenvalue weighted by atomic mass is 9.89. The van der Waals surface area contributed by atoms with E-state index in [1.807, 2.05) is 57.2 Å². The predicted octanol–water partition coefficient (Wildman–Crippen LogP) is 3.03. The van der Waals surface area contributed by atoms with Gasteiger partial charge in [0.05, 0.1) is 13.2 Å². The molecule has 1 fully saturated rings. The van der Waals surface area contributed by atoms with E-state index in [2.05, 4.69) is 11.5 Å². The van der Waals surface area contributed by atoms with Crippen LogP contribution >= 0.6 is 0 Å². The summed E-state index contributed by atoms with van der Waals surface area (Å²) in [6.07, 6.45) is 1.82. The van der Waals surface area contributed by atoms with Crippen molar-refractivity contribution in [1.82, 2.24) is 4.90 Å². The van der Waals surface area contributed by atoms with Gasteiger partial charge >= 0.3 is 5.97 Å². The number of hydrogen-bond donors (Lipinski definition) is 0. The zero-order valence-electron chi connectivity index (χ0n) is 14.3. The predicted molar refractivity (Wildman–Crippen MR) is 91.0 cm³/mol. The molecule has 1 aromatic carbocycles. The van der Waals surface area contributed by atoms with Crippen molar-refractivity contribution < 1.29 is 14.3 Å². The maximum absolute atomic E-state index is 12.4. The molecular formula is C19H27NO3. The van der Waals surface area contributed by atoms with Crippen LogP contribution in [0, 0.1) is 5.92 Å². The summed E-state index contributed by atoms with van der Waals surface area (Å²) in [6, 6.07) is 9.82. The molecule has 0 bridgehead atoms. The lowest BCUT2D eigenvalue weighted by Crippen LogP contribution is -2.62. The van der Waals surface area contributed by atoms with Crippen LogP contribution in [0.2, 0.25) is 0 Å². The number of carbonyl (C=O) groups excluding carboxylic acids is 1. The molecule has 0 aliphatic carbocycles. The Labute approximate surface area is 139 Å². The first kappa shape index (κ1) is 17.7. The molecule has 0 unspecified atom stereocenters. The van der Waals surface area contributed by atoms with Gasteiger partial charge in [0, 0.05) is 19.0 Å². The second-order valence-electron chi connectivity index (χ2n) is 6.98. The van der Waals surface area contributed by atoms with Crippen molar-refractivity contribution in [3.63, 3.8) is 0 Å². The first-order chi connectivity index (χ1) is 10.9. The van der Waals surface area contributed by atoms with Crippen molar-refractivity contribution in [1.29, 1.82) is 0 Å². The van der Waals surface area contributed by atoms with Crippen LogP contribution in [0.15, 0.2) is 43.0 Å². The Morgan fingerprint density at radius 3 is 2.65 bits per heavy atom. The fraction of sp³-hybridized carbons (Fsp3) is 0.526. The number of carbonyl (C=O) groups is 1. The summed E-state index contributed by atoms with van der Waals surface area (Å²) in [4.78, 5) is 14.5. The van der Waals surface area contributed by atoms with Gasteiger partial charge in [-0.05, 0) is 26.3 Å². The maximum Gasteiger partial charge on any atom is 0.324 e. The summed E-state index contributed by atoms with van der Waals surface area (Å²) in [5.41, 5.74) is 0.672. The van der Waals surface area contributed by atoms with Gasteiger partial charge in [0.25, 0.3) is 0 Å². The molecule has 4 heteroatoms. The van der Waals surface area contributed by atoms with Crippen LogP contribution in [0.5, 0.6) is 0 Å². The molecule has 2 rings (SSSR count). The first-order valence-electron chi connectivity index (χ1n) is 8.10. The number of likely N-dealkylation sites (tertiary alicyclic amines) is 1. The standard InChI is InChI=1S/C19H27NO3/c1-5-11-20-12-16(17(20)18(21)23-19(2,3)4)14-22-13-15-9-7-6-8-10-15/h5-10,16-17H,1,11-14H2,2-4H3/t16-,17-/m1/s1. The summed E-state index contributed by atoms with van der Waals surface area (Å²) < 4.78 is 11.3. The quantitative estimate of drug-likeness (QED) is 0.572. The van der Waals surface area contributed by atoms with Crippen molar-refractivity contribution in [3.05, 3.63) is 48.6 Å². The van der Waals surface area contributed by atoms with E-state index in [1.54, 1.807) is 0 Å². The van der Waals surface area contributed by atoms with Crippen molar-refractivity contribution in [3.8, 4) is 0 Å². The van der Waals surface area contributed by atoms with Crippen molar-refractivity contribution >= 4 is 5.97 Å². The number of esters is 1. The third kappa shape index (κ3) is 5.19. The molecule has 0 aromatic heterocycles. The average molecular weight is 317 g/mol. The van der Waals surface area contributed by atoms with Gasteiger partial charge in [0.2, 0.25) is 0 Å². The molecule has 126 valence electrons. The lowest BCUT2D eigenvalue weighted by molar-refractivity contribution is -0.173. The van der Waals surface area contributed by atoms with E-state index < -0.39 is 5.60 Å². The molecule has 0 radical (unpaired) electrons. The summed E-state index contributed by atoms with van der Waals surface area (Å²) in [5.74, 6) is 0.00687. The monoisotopic (exact) mass is 317 g/mol. The molecule has 0 amide bonds. The molecular weight excluding hydrogens is 290 g/mol. The summed E-state index contributed by atoms with van der Waals surface area (Å²) in [5, 5.41) is 0. The highest BCUT2D eigenvalue weighted by Gasteiger charge is 2.45. The van der Waals surface area contributed by atoms with Crippen molar-refractivity contribution in [2.75, 3.05) is 19.7 Å². The first-order valence-corrected chi connectivity index (χ1v) is 8.10. The SMILES string of the molecule is C=CCN1C[C@H](COCc2ccccc2)[C@@H]1C(=O)OC(C)(C)C. The van der Waals surface area contributed by atoms with Gasteiger partial charge < -0.3 is 9.47 Å². The van der Waals surface area contributed by atoms with Gasteiger partial charge in [-0.25, -0.2) is 0 Å². The van der Waals surface area contributed by atoms with E-state index in [0.29, 0.717) is 19.8 Å². The highest BCUT2D eigenvalue weighted by molar-refractivity contribution is 5.78. The second kappa shape index (κ2) is 7.75. The largest absolute Gasteiger partial charge is 0.459 e. The highest BCUT2D eigenvalue weighted by atomic mass is 16.6. The Hall–Kier alpha value is -1.65. The molecule has 23 heavy (non-hydrogen) atoms. The minimum atomic E-state index is -0.470. The van der Waals surface area contributed by atoms with Gasteiger partial charge in [-0.3, -0.25) is 9.69 Å². The molecule has 0 spiro atoms. The van der Waals surface area contributed by atoms with Crippen LogP contribution in [-0.4, -0.2) is 42.2 Å². The van der Waals surface area contributed by atoms with Crippen LogP contribution in [0.3, 0.4) is 0 Å². The highest BCUT2D eigenvalue weighted by Crippen LogP contribution is 2.28. The Kier molecular flexibility index (Phi) is 5.97. The fourth-order valence-electron chi connectivity index (χ4n) is 2.78. The van der Waals surface area contributed by atoms with E-state index >= 15 is 0 Å². The van der Waals surface area contributed by atoms with Gasteiger partial charge in [-0.15, -0.1) is 6.58 Å². The zero-order chi connectivity index (χ0) is 16.9. The molecule has 1 heterocycles. The molecule has 1 aromatic rings. The Bertz CT molecular complexity index is 521. The van der Waals surface area contributed by atoms with E-state index in [1.165, 1.54) is 0 Å². The summed E-state index contributed by atoms with van der Waals surface area (Å²) in [7, 11) is 0. The average Bonchev–Trinajstić information content (AvgIpc) is 2.44. The minimum Gasteiger partial charge on any atom is -0.459 e. The van der Waals surface area contributed by atoms with E-state index in [9.17, 15) is 4.79 Å². The second-order valence-corrected chi connectivity index (χ2v) is 6.98. The van der Waals surface area contributed by atoms with Gasteiger partial charge in [-0.2, -0.15) is 0 Å². The van der Waals surface area contributed by atoms with Crippen LogP contribution in [0.25, 0.3) is 0 Å². The number of benzene rings is 1. The van der Waals surface area contributed by atoms with E-state index in [-0.39, 0.29) is 17.9 Å². The topological polar surface area (TPSA) is 38.8 Å². The Morgan fingerprint density at radius 2 is 2.04 bits per heavy atom. The molecule has 1 aliphatic rings. The smallest absolute Gasteiger partial charge is 0.324 e. The van der Waals surface area contributed by atoms with Crippen LogP contribution < -0.4 is 0 Å². The lowest BCUT2D eigenvalue weighted by Gasteiger charge is -2.46. The summed E-state index contributed by atoms with van der Waals surface area (Å²) >= 11 is 0. The molecule has 1 aliphatic heterocycles. The van der Waals surface area contributed by atoms with Crippen molar-refractivity contribution in [2.45, 2.75) is 39.0 Å². The number of nitrogens with zero attached hydrogens (tertiary/aromatic N) is 1. The van der Waals surface area contributed by atoms with Crippen LogP contribution in [0.1, 0.15) is 26.3 Å². The third-order valence-corrected chi connectivity index (χ3v) is 3.76. The third-order valence-electron chi connectivity index (χ3n) is 3.76. The van der Waals surface area contributed by atoms with Crippen molar-refractivity contribution in [2.24, 2.45) is 5.92 Å². The van der Waals surface area contributed by atoms with Crippen LogP contribution in [-0.2, 0) is 20.9 Å². The van der Waals surface area contributed by atoms with Crippen LogP contribution in [0.4, 0.5) is 0 Å². The minimum absolute atomic E-state index is 0.168. The summed E-state index contributed by atoms with van der Waals surface area (Å²) in [6.45, 7) is 12.1. The maximum atomic E-state index is 12.4. The zero-order valence-corrected chi connectivity index (χ0v) is 14.3. The van der Waals surface area contributed by atoms with E-state index in [4.69, 9.17) is 9.47 Å². The Morgan fingerprint density at radius 1 is 1.35 bits per heavy atom. The number of ether oxygens (including phenoxy) is 2.